The van der Waals surface area contributed by atoms with Crippen molar-refractivity contribution in [3.63, 3.8) is 0 Å². The smallest absolute Gasteiger partial charge is 0.289 e. The average Bonchev–Trinajstić information content (AvgIpc) is 3.43. The minimum absolute atomic E-state index is 0.0456. The molecule has 0 aliphatic carbocycles. The van der Waals surface area contributed by atoms with E-state index in [4.69, 9.17) is 0 Å². The summed E-state index contributed by atoms with van der Waals surface area (Å²) in [5.41, 5.74) is 3.23. The van der Waals surface area contributed by atoms with Crippen LogP contribution in [0, 0.1) is 0 Å². The topological polar surface area (TPSA) is 82.1 Å². The molecular weight excluding hydrogens is 410 g/mol. The van der Waals surface area contributed by atoms with Crippen LogP contribution in [0.3, 0.4) is 0 Å². The molecule has 0 atom stereocenters. The Morgan fingerprint density at radius 3 is 2.48 bits per heavy atom. The van der Waals surface area contributed by atoms with E-state index in [2.05, 4.69) is 27.2 Å². The molecule has 0 N–H and O–H groups in total. The Labute approximate surface area is 177 Å². The summed E-state index contributed by atoms with van der Waals surface area (Å²) in [7, 11) is -3.97. The Kier molecular flexibility index (Phi) is 3.72. The lowest BCUT2D eigenvalue weighted by atomic mass is 10.0. The maximum atomic E-state index is 13.4. The van der Waals surface area contributed by atoms with Crippen molar-refractivity contribution in [2.24, 2.45) is 0 Å². The van der Waals surface area contributed by atoms with E-state index in [1.807, 2.05) is 36.4 Å². The second-order valence-electron chi connectivity index (χ2n) is 7.21. The molecule has 0 spiro atoms. The van der Waals surface area contributed by atoms with E-state index in [9.17, 15) is 8.42 Å². The van der Waals surface area contributed by atoms with Gasteiger partial charge in [-0.25, -0.2) is 4.98 Å². The average molecular weight is 425 g/mol. The molecule has 0 unspecified atom stereocenters. The molecule has 31 heavy (non-hydrogen) atoms. The van der Waals surface area contributed by atoms with Crippen LogP contribution >= 0.6 is 0 Å². The van der Waals surface area contributed by atoms with Crippen LogP contribution in [0.2, 0.25) is 0 Å². The maximum Gasteiger partial charge on any atom is 0.301 e. The third kappa shape index (κ3) is 2.72. The van der Waals surface area contributed by atoms with Gasteiger partial charge in [-0.1, -0.05) is 42.5 Å². The van der Waals surface area contributed by atoms with Crippen molar-refractivity contribution < 1.29 is 8.42 Å². The number of fused-ring (bicyclic) bond motifs is 3. The van der Waals surface area contributed by atoms with Gasteiger partial charge in [-0.2, -0.15) is 17.6 Å². The van der Waals surface area contributed by atoms with Gasteiger partial charge in [0.05, 0.1) is 12.4 Å². The van der Waals surface area contributed by atoms with E-state index < -0.39 is 10.0 Å². The van der Waals surface area contributed by atoms with Crippen LogP contribution in [-0.2, 0) is 10.0 Å². The molecule has 0 amide bonds. The first kappa shape index (κ1) is 17.8. The van der Waals surface area contributed by atoms with Crippen molar-refractivity contribution in [3.05, 3.63) is 91.5 Å². The van der Waals surface area contributed by atoms with Crippen LogP contribution in [0.25, 0.3) is 38.6 Å². The molecule has 0 aliphatic heterocycles. The second kappa shape index (κ2) is 6.48. The number of aromatic nitrogens is 5. The molecule has 0 saturated carbocycles. The van der Waals surface area contributed by atoms with E-state index in [1.165, 1.54) is 16.8 Å². The third-order valence-electron chi connectivity index (χ3n) is 5.35. The number of nitrogens with zero attached hydrogens (tertiary/aromatic N) is 5. The number of rotatable bonds is 3. The predicted octanol–water partition coefficient (Wildman–Crippen LogP) is 4.14. The number of imidazole rings is 1. The molecule has 4 heterocycles. The van der Waals surface area contributed by atoms with Crippen LogP contribution in [0.4, 0.5) is 0 Å². The molecule has 6 aromatic rings. The fourth-order valence-corrected chi connectivity index (χ4v) is 5.14. The molecule has 0 bridgehead atoms. The lowest BCUT2D eigenvalue weighted by Gasteiger charge is -2.07. The normalized spacial score (nSPS) is 12.1. The molecule has 7 nitrogen and oxygen atoms in total. The molecule has 0 radical (unpaired) electrons. The first-order chi connectivity index (χ1) is 15.1. The molecule has 4 aromatic heterocycles. The number of hydrogen-bond donors (Lipinski definition) is 0. The predicted molar refractivity (Wildman–Crippen MR) is 118 cm³/mol. The van der Waals surface area contributed by atoms with Gasteiger partial charge in [0.1, 0.15) is 16.7 Å². The number of benzene rings is 2. The van der Waals surface area contributed by atoms with E-state index in [0.29, 0.717) is 16.7 Å². The zero-order valence-corrected chi connectivity index (χ0v) is 16.9. The Morgan fingerprint density at radius 1 is 0.742 bits per heavy atom. The Morgan fingerprint density at radius 2 is 1.58 bits per heavy atom. The molecule has 6 rings (SSSR count). The molecule has 8 heteroatoms. The summed E-state index contributed by atoms with van der Waals surface area (Å²) < 4.78 is 29.4. The Balaban J connectivity index is 1.53. The lowest BCUT2D eigenvalue weighted by molar-refractivity contribution is 0.577. The quantitative estimate of drug-likeness (QED) is 0.426. The van der Waals surface area contributed by atoms with Crippen LogP contribution in [0.5, 0.6) is 0 Å². The molecular formula is C23H15N5O2S. The van der Waals surface area contributed by atoms with Gasteiger partial charge in [0.2, 0.25) is 0 Å². The highest BCUT2D eigenvalue weighted by atomic mass is 32.2. The van der Waals surface area contributed by atoms with Crippen molar-refractivity contribution in [1.29, 1.82) is 0 Å². The molecule has 2 aromatic carbocycles. The first-order valence-corrected chi connectivity index (χ1v) is 11.1. The van der Waals surface area contributed by atoms with Crippen LogP contribution in [0.1, 0.15) is 0 Å². The van der Waals surface area contributed by atoms with Crippen molar-refractivity contribution >= 4 is 37.5 Å². The maximum absolute atomic E-state index is 13.4. The number of hydrogen-bond acceptors (Lipinski definition) is 5. The summed E-state index contributed by atoms with van der Waals surface area (Å²) in [5.74, 6) is 0. The first-order valence-electron chi connectivity index (χ1n) is 9.62. The SMILES string of the molecule is O=S(=O)(c1cnc2ccccn12)n1ncc2ncc(-c3ccc4ccccc4c3)cc21. The minimum atomic E-state index is -3.97. The highest BCUT2D eigenvalue weighted by Crippen LogP contribution is 2.28. The lowest BCUT2D eigenvalue weighted by Crippen LogP contribution is -2.16. The van der Waals surface area contributed by atoms with Crippen molar-refractivity contribution in [2.45, 2.75) is 5.03 Å². The summed E-state index contributed by atoms with van der Waals surface area (Å²) >= 11 is 0. The number of pyridine rings is 2. The fraction of sp³-hybridized carbons (Fsp3) is 0. The summed E-state index contributed by atoms with van der Waals surface area (Å²) in [4.78, 5) is 8.64. The van der Waals surface area contributed by atoms with Crippen LogP contribution in [0.15, 0.2) is 96.5 Å². The van der Waals surface area contributed by atoms with Crippen molar-refractivity contribution in [1.82, 2.24) is 23.6 Å². The summed E-state index contributed by atoms with van der Waals surface area (Å²) in [6, 6.07) is 21.3. The van der Waals surface area contributed by atoms with Gasteiger partial charge >= 0.3 is 10.0 Å². The van der Waals surface area contributed by atoms with Gasteiger partial charge in [-0.05, 0) is 40.6 Å². The van der Waals surface area contributed by atoms with E-state index in [0.717, 1.165) is 26.0 Å². The largest absolute Gasteiger partial charge is 0.301 e. The van der Waals surface area contributed by atoms with Crippen molar-refractivity contribution in [2.75, 3.05) is 0 Å². The molecule has 0 fully saturated rings. The van der Waals surface area contributed by atoms with Crippen molar-refractivity contribution in [3.8, 4) is 11.1 Å². The van der Waals surface area contributed by atoms with Gasteiger partial charge in [0.25, 0.3) is 0 Å². The van der Waals surface area contributed by atoms with Gasteiger partial charge < -0.3 is 0 Å². The third-order valence-corrected chi connectivity index (χ3v) is 6.92. The zero-order valence-electron chi connectivity index (χ0n) is 16.1. The van der Waals surface area contributed by atoms with Gasteiger partial charge in [0, 0.05) is 18.0 Å². The summed E-state index contributed by atoms with van der Waals surface area (Å²) in [6.07, 6.45) is 6.21. The van der Waals surface area contributed by atoms with E-state index >= 15 is 0 Å². The van der Waals surface area contributed by atoms with E-state index in [1.54, 1.807) is 30.6 Å². The fourth-order valence-electron chi connectivity index (χ4n) is 3.79. The second-order valence-corrected chi connectivity index (χ2v) is 8.92. The summed E-state index contributed by atoms with van der Waals surface area (Å²) in [5, 5.41) is 6.43. The van der Waals surface area contributed by atoms with Crippen LogP contribution < -0.4 is 0 Å². The van der Waals surface area contributed by atoms with E-state index in [-0.39, 0.29) is 5.03 Å². The van der Waals surface area contributed by atoms with Gasteiger partial charge in [-0.3, -0.25) is 9.38 Å². The Hall–Kier alpha value is -4.04. The highest BCUT2D eigenvalue weighted by Gasteiger charge is 2.25. The molecule has 150 valence electrons. The van der Waals surface area contributed by atoms with Gasteiger partial charge in [0.15, 0.2) is 5.03 Å². The standard InChI is InChI=1S/C23H15N5O2S/c29-31(30,23-15-25-22-7-3-4-10-27(22)23)28-21-12-19(13-24-20(21)14-26-28)18-9-8-16-5-1-2-6-17(16)11-18/h1-15H. The molecule has 0 saturated heterocycles. The summed E-state index contributed by atoms with van der Waals surface area (Å²) in [6.45, 7) is 0. The highest BCUT2D eigenvalue weighted by molar-refractivity contribution is 7.90. The Bertz CT molecular complexity index is 1720. The zero-order chi connectivity index (χ0) is 21.0. The monoisotopic (exact) mass is 425 g/mol. The minimum Gasteiger partial charge on any atom is -0.289 e. The molecule has 0 aliphatic rings. The van der Waals surface area contributed by atoms with Crippen LogP contribution in [-0.4, -0.2) is 32.0 Å². The van der Waals surface area contributed by atoms with Gasteiger partial charge in [-0.15, -0.1) is 0 Å².